The van der Waals surface area contributed by atoms with Gasteiger partial charge in [0.15, 0.2) is 0 Å². The van der Waals surface area contributed by atoms with Crippen LogP contribution in [0.4, 0.5) is 0 Å². The van der Waals surface area contributed by atoms with Crippen molar-refractivity contribution in [2.24, 2.45) is 15.9 Å². The largest absolute Gasteiger partial charge is 0.271 e. The van der Waals surface area contributed by atoms with Crippen molar-refractivity contribution in [3.8, 4) is 0 Å². The van der Waals surface area contributed by atoms with Gasteiger partial charge >= 0.3 is 0 Å². The zero-order valence-corrected chi connectivity index (χ0v) is 8.01. The third-order valence-electron chi connectivity index (χ3n) is 2.01. The van der Waals surface area contributed by atoms with E-state index in [0.717, 1.165) is 6.34 Å². The Morgan fingerprint density at radius 2 is 2.27 bits per heavy atom. The smallest absolute Gasteiger partial charge is 0.268 e. The lowest BCUT2D eigenvalue weighted by molar-refractivity contribution is -0.419. The zero-order chi connectivity index (χ0) is 11.0. The van der Waals surface area contributed by atoms with Crippen LogP contribution in [0.5, 0.6) is 0 Å². The first-order chi connectivity index (χ1) is 7.09. The van der Waals surface area contributed by atoms with Crippen molar-refractivity contribution in [3.05, 3.63) is 33.0 Å². The number of carbonyl (C=O) groups excluding carboxylic acids is 1. The highest BCUT2D eigenvalue weighted by Crippen LogP contribution is 2.26. The van der Waals surface area contributed by atoms with Crippen molar-refractivity contribution in [3.63, 3.8) is 0 Å². The van der Waals surface area contributed by atoms with Gasteiger partial charge in [-0.05, 0) is 0 Å². The molecule has 1 aliphatic carbocycles. The van der Waals surface area contributed by atoms with Crippen molar-refractivity contribution >= 4 is 29.6 Å². The summed E-state index contributed by atoms with van der Waals surface area (Å²) in [6, 6.07) is 0. The number of carbonyl (C=O) groups is 1. The highest BCUT2D eigenvalue weighted by atomic mass is 35.5. The van der Waals surface area contributed by atoms with Crippen LogP contribution < -0.4 is 0 Å². The van der Waals surface area contributed by atoms with Gasteiger partial charge in [-0.15, -0.1) is 0 Å². The number of rotatable bonds is 1. The van der Waals surface area contributed by atoms with Gasteiger partial charge in [0.2, 0.25) is 0 Å². The number of nitro groups is 1. The highest BCUT2D eigenvalue weighted by molar-refractivity contribution is 6.46. The number of aliphatic imine (C=N–C) groups is 2. The van der Waals surface area contributed by atoms with E-state index in [9.17, 15) is 14.9 Å². The Bertz CT molecular complexity index is 476. The van der Waals surface area contributed by atoms with E-state index in [1.165, 1.54) is 12.2 Å². The van der Waals surface area contributed by atoms with Crippen LogP contribution in [0.15, 0.2) is 32.9 Å². The molecule has 0 saturated carbocycles. The standard InChI is InChI=1S/C8H4ClN3O3/c9-6-2-4(12(14)15)1-5-7(6)10-3-11-8(5)13/h1-3,5H. The zero-order valence-electron chi connectivity index (χ0n) is 7.25. The normalized spacial score (nSPS) is 23.9. The molecular weight excluding hydrogens is 222 g/mol. The van der Waals surface area contributed by atoms with E-state index in [0.29, 0.717) is 5.71 Å². The van der Waals surface area contributed by atoms with Gasteiger partial charge in [-0.2, -0.15) is 0 Å². The van der Waals surface area contributed by atoms with E-state index in [1.54, 1.807) is 0 Å². The molecule has 0 spiro atoms. The monoisotopic (exact) mass is 225 g/mol. The Hall–Kier alpha value is -1.82. The summed E-state index contributed by atoms with van der Waals surface area (Å²) in [6.45, 7) is 0. The molecule has 0 radical (unpaired) electrons. The fourth-order valence-electron chi connectivity index (χ4n) is 1.32. The molecule has 0 aromatic heterocycles. The highest BCUT2D eigenvalue weighted by Gasteiger charge is 2.32. The molecule has 1 aliphatic heterocycles. The number of amides is 1. The second kappa shape index (κ2) is 3.39. The summed E-state index contributed by atoms with van der Waals surface area (Å²) in [4.78, 5) is 28.5. The summed E-state index contributed by atoms with van der Waals surface area (Å²) in [5, 5.41) is 10.6. The molecule has 1 heterocycles. The van der Waals surface area contributed by atoms with Crippen LogP contribution in [0.2, 0.25) is 0 Å². The lowest BCUT2D eigenvalue weighted by atomic mass is 9.95. The first-order valence-electron chi connectivity index (χ1n) is 3.97. The molecule has 7 heteroatoms. The number of halogens is 1. The number of fused-ring (bicyclic) bond motifs is 1. The Morgan fingerprint density at radius 1 is 1.53 bits per heavy atom. The van der Waals surface area contributed by atoms with E-state index in [2.05, 4.69) is 9.98 Å². The van der Waals surface area contributed by atoms with Gasteiger partial charge in [-0.3, -0.25) is 14.9 Å². The van der Waals surface area contributed by atoms with Gasteiger partial charge in [0.25, 0.3) is 11.6 Å². The second-order valence-electron chi connectivity index (χ2n) is 2.92. The van der Waals surface area contributed by atoms with Crippen molar-refractivity contribution in [1.29, 1.82) is 0 Å². The Kier molecular flexibility index (Phi) is 2.20. The molecule has 0 fully saturated rings. The van der Waals surface area contributed by atoms with Crippen LogP contribution >= 0.6 is 11.6 Å². The van der Waals surface area contributed by atoms with Gasteiger partial charge in [0, 0.05) is 12.2 Å². The maximum absolute atomic E-state index is 11.3. The molecule has 2 aliphatic rings. The average Bonchev–Trinajstić information content (AvgIpc) is 2.19. The minimum Gasteiger partial charge on any atom is -0.271 e. The van der Waals surface area contributed by atoms with Gasteiger partial charge in [-0.1, -0.05) is 11.6 Å². The average molecular weight is 226 g/mol. The molecule has 0 aromatic carbocycles. The molecule has 1 amide bonds. The lowest BCUT2D eigenvalue weighted by Gasteiger charge is -2.16. The van der Waals surface area contributed by atoms with E-state index in [4.69, 9.17) is 11.6 Å². The predicted molar refractivity (Wildman–Crippen MR) is 53.4 cm³/mol. The third kappa shape index (κ3) is 1.59. The van der Waals surface area contributed by atoms with Crippen LogP contribution in [0.25, 0.3) is 0 Å². The molecule has 0 saturated heterocycles. The summed E-state index contributed by atoms with van der Waals surface area (Å²) < 4.78 is 0. The van der Waals surface area contributed by atoms with Crippen molar-refractivity contribution < 1.29 is 9.72 Å². The topological polar surface area (TPSA) is 84.9 Å². The van der Waals surface area contributed by atoms with E-state index < -0.39 is 16.7 Å². The van der Waals surface area contributed by atoms with Crippen LogP contribution in [0.3, 0.4) is 0 Å². The number of allylic oxidation sites excluding steroid dienone is 2. The van der Waals surface area contributed by atoms with E-state index in [1.807, 2.05) is 0 Å². The maximum Gasteiger partial charge on any atom is 0.268 e. The minimum absolute atomic E-state index is 0.105. The molecular formula is C8H4ClN3O3. The van der Waals surface area contributed by atoms with E-state index in [-0.39, 0.29) is 10.7 Å². The lowest BCUT2D eigenvalue weighted by Crippen LogP contribution is -2.28. The van der Waals surface area contributed by atoms with Gasteiger partial charge in [-0.25, -0.2) is 9.98 Å². The minimum atomic E-state index is -0.826. The summed E-state index contributed by atoms with van der Waals surface area (Å²) in [5.41, 5.74) is 0.0941. The molecule has 15 heavy (non-hydrogen) atoms. The molecule has 0 bridgehead atoms. The summed E-state index contributed by atoms with van der Waals surface area (Å²) in [6.07, 6.45) is 3.46. The van der Waals surface area contributed by atoms with E-state index >= 15 is 0 Å². The maximum atomic E-state index is 11.3. The SMILES string of the molecule is O=C1N=CN=C2C(Cl)=CC([N+](=O)[O-])=CC12. The van der Waals surface area contributed by atoms with Crippen molar-refractivity contribution in [1.82, 2.24) is 0 Å². The number of nitrogens with zero attached hydrogens (tertiary/aromatic N) is 3. The predicted octanol–water partition coefficient (Wildman–Crippen LogP) is 0.909. The summed E-state index contributed by atoms with van der Waals surface area (Å²) >= 11 is 5.77. The summed E-state index contributed by atoms with van der Waals surface area (Å²) in [7, 11) is 0. The fourth-order valence-corrected chi connectivity index (χ4v) is 1.60. The van der Waals surface area contributed by atoms with Crippen molar-refractivity contribution in [2.45, 2.75) is 0 Å². The van der Waals surface area contributed by atoms with Crippen LogP contribution in [-0.4, -0.2) is 22.9 Å². The molecule has 0 N–H and O–H groups in total. The van der Waals surface area contributed by atoms with Crippen LogP contribution in [0.1, 0.15) is 0 Å². The van der Waals surface area contributed by atoms with Crippen LogP contribution in [0, 0.1) is 16.0 Å². The van der Waals surface area contributed by atoms with Gasteiger partial charge in [0.05, 0.1) is 15.7 Å². The fraction of sp³-hybridized carbons (Fsp3) is 0.125. The molecule has 6 nitrogen and oxygen atoms in total. The number of hydrogen-bond donors (Lipinski definition) is 0. The molecule has 1 atom stereocenters. The Labute approximate surface area is 88.8 Å². The molecule has 1 unspecified atom stereocenters. The van der Waals surface area contributed by atoms with Crippen molar-refractivity contribution in [2.75, 3.05) is 0 Å². The van der Waals surface area contributed by atoms with Gasteiger partial charge < -0.3 is 0 Å². The molecule has 2 rings (SSSR count). The summed E-state index contributed by atoms with van der Waals surface area (Å²) in [5.74, 6) is -1.32. The Balaban J connectivity index is 2.49. The first kappa shape index (κ1) is 9.72. The second-order valence-corrected chi connectivity index (χ2v) is 3.32. The first-order valence-corrected chi connectivity index (χ1v) is 4.35. The quantitative estimate of drug-likeness (QED) is 0.491. The number of hydrogen-bond acceptors (Lipinski definition) is 4. The Morgan fingerprint density at radius 3 is 2.93 bits per heavy atom. The van der Waals surface area contributed by atoms with Crippen LogP contribution in [-0.2, 0) is 4.79 Å². The molecule has 0 aromatic rings. The molecule has 76 valence electrons. The van der Waals surface area contributed by atoms with Gasteiger partial charge in [0.1, 0.15) is 12.3 Å². The third-order valence-corrected chi connectivity index (χ3v) is 2.31.